The molecule has 2 aromatic rings. The summed E-state index contributed by atoms with van der Waals surface area (Å²) in [5.41, 5.74) is 6.57. The number of anilines is 1. The number of fused-ring (bicyclic) bond motifs is 1. The number of alkyl halides is 2. The van der Waals surface area contributed by atoms with Crippen molar-refractivity contribution in [3.05, 3.63) is 35.6 Å². The van der Waals surface area contributed by atoms with E-state index in [0.29, 0.717) is 16.5 Å². The van der Waals surface area contributed by atoms with Crippen LogP contribution in [0.4, 0.5) is 19.0 Å². The third-order valence-corrected chi connectivity index (χ3v) is 4.76. The molecule has 1 aromatic carbocycles. The molecule has 3 N–H and O–H groups in total. The molecule has 0 bridgehead atoms. The smallest absolute Gasteiger partial charge is 0.254 e. The van der Waals surface area contributed by atoms with Crippen LogP contribution in [0.1, 0.15) is 12.0 Å². The molecule has 3 atom stereocenters. The molecule has 1 aromatic heterocycles. The summed E-state index contributed by atoms with van der Waals surface area (Å²) in [5.74, 6) is -5.37. The first-order valence-corrected chi connectivity index (χ1v) is 7.72. The first kappa shape index (κ1) is 17.0. The average Bonchev–Trinajstić information content (AvgIpc) is 2.79. The van der Waals surface area contributed by atoms with E-state index in [9.17, 15) is 18.3 Å². The Morgan fingerprint density at radius 1 is 1.38 bits per heavy atom. The molecule has 0 aliphatic heterocycles. The van der Waals surface area contributed by atoms with Gasteiger partial charge in [0.05, 0.1) is 17.5 Å². The number of hydrogen-bond acceptors (Lipinski definition) is 4. The highest BCUT2D eigenvalue weighted by molar-refractivity contribution is 5.80. The zero-order valence-electron chi connectivity index (χ0n) is 13.2. The van der Waals surface area contributed by atoms with Crippen molar-refractivity contribution in [2.75, 3.05) is 19.5 Å². The highest BCUT2D eigenvalue weighted by Gasteiger charge is 2.55. The van der Waals surface area contributed by atoms with Crippen LogP contribution < -0.4 is 5.73 Å². The summed E-state index contributed by atoms with van der Waals surface area (Å²) in [4.78, 5) is 3.96. The number of aromatic nitrogens is 1. The third-order valence-electron chi connectivity index (χ3n) is 4.76. The van der Waals surface area contributed by atoms with Crippen LogP contribution in [0.3, 0.4) is 0 Å². The maximum atomic E-state index is 14.3. The predicted octanol–water partition coefficient (Wildman–Crippen LogP) is 2.78. The number of aliphatic hydroxyl groups is 1. The van der Waals surface area contributed by atoms with Gasteiger partial charge in [-0.2, -0.15) is 0 Å². The fourth-order valence-corrected chi connectivity index (χ4v) is 3.56. The molecule has 1 aliphatic rings. The van der Waals surface area contributed by atoms with Crippen LogP contribution >= 0.6 is 0 Å². The zero-order chi connectivity index (χ0) is 17.5. The molecule has 24 heavy (non-hydrogen) atoms. The molecule has 1 aliphatic carbocycles. The summed E-state index contributed by atoms with van der Waals surface area (Å²) < 4.78 is 47.3. The van der Waals surface area contributed by atoms with Gasteiger partial charge in [0.2, 0.25) is 0 Å². The number of pyridine rings is 1. The highest BCUT2D eigenvalue weighted by Crippen LogP contribution is 2.46. The number of ether oxygens (including phenoxy) is 1. The summed E-state index contributed by atoms with van der Waals surface area (Å²) in [6, 6.07) is 6.22. The van der Waals surface area contributed by atoms with Gasteiger partial charge >= 0.3 is 0 Å². The van der Waals surface area contributed by atoms with E-state index in [1.165, 1.54) is 13.2 Å². The summed E-state index contributed by atoms with van der Waals surface area (Å²) in [6.45, 7) is -0.334. The van der Waals surface area contributed by atoms with E-state index in [2.05, 4.69) is 4.98 Å². The molecule has 130 valence electrons. The normalized spacial score (nSPS) is 26.1. The molecular weight excluding hydrogens is 321 g/mol. The number of nitrogen functional groups attached to an aromatic ring is 1. The minimum absolute atomic E-state index is 0.0803. The number of nitrogens with zero attached hydrogens (tertiary/aromatic N) is 1. The number of benzene rings is 1. The molecule has 0 amide bonds. The van der Waals surface area contributed by atoms with Crippen molar-refractivity contribution >= 4 is 16.7 Å². The molecule has 1 saturated carbocycles. The van der Waals surface area contributed by atoms with Gasteiger partial charge in [0.25, 0.3) is 5.92 Å². The van der Waals surface area contributed by atoms with E-state index in [-0.39, 0.29) is 18.8 Å². The van der Waals surface area contributed by atoms with Gasteiger partial charge < -0.3 is 15.6 Å². The highest BCUT2D eigenvalue weighted by atomic mass is 19.3. The second-order valence-corrected chi connectivity index (χ2v) is 6.30. The van der Waals surface area contributed by atoms with Gasteiger partial charge in [0.15, 0.2) is 11.6 Å². The first-order valence-electron chi connectivity index (χ1n) is 7.72. The van der Waals surface area contributed by atoms with Crippen LogP contribution in [0.2, 0.25) is 0 Å². The topological polar surface area (TPSA) is 68.4 Å². The molecule has 7 heteroatoms. The summed E-state index contributed by atoms with van der Waals surface area (Å²) in [7, 11) is 1.38. The van der Waals surface area contributed by atoms with E-state index in [4.69, 9.17) is 10.5 Å². The molecule has 4 nitrogen and oxygen atoms in total. The van der Waals surface area contributed by atoms with Crippen molar-refractivity contribution in [1.82, 2.24) is 4.98 Å². The van der Waals surface area contributed by atoms with E-state index < -0.39 is 36.1 Å². The Kier molecular flexibility index (Phi) is 4.40. The molecule has 0 spiro atoms. The van der Waals surface area contributed by atoms with Crippen molar-refractivity contribution in [2.45, 2.75) is 24.9 Å². The Morgan fingerprint density at radius 3 is 2.79 bits per heavy atom. The Balaban J connectivity index is 1.92. The molecule has 3 rings (SSSR count). The van der Waals surface area contributed by atoms with Gasteiger partial charge in [0, 0.05) is 31.4 Å². The van der Waals surface area contributed by atoms with Gasteiger partial charge in [-0.05, 0) is 24.1 Å². The second kappa shape index (κ2) is 6.22. The van der Waals surface area contributed by atoms with Gasteiger partial charge in [-0.25, -0.2) is 18.2 Å². The van der Waals surface area contributed by atoms with Crippen molar-refractivity contribution in [2.24, 2.45) is 11.8 Å². The van der Waals surface area contributed by atoms with Crippen LogP contribution in [0.25, 0.3) is 10.9 Å². The van der Waals surface area contributed by atoms with Crippen LogP contribution in [-0.4, -0.2) is 35.8 Å². The largest absolute Gasteiger partial charge is 0.396 e. The van der Waals surface area contributed by atoms with Crippen molar-refractivity contribution < 1.29 is 23.0 Å². The quantitative estimate of drug-likeness (QED) is 0.898. The molecular formula is C17H19F3N2O2. The summed E-state index contributed by atoms with van der Waals surface area (Å²) in [5, 5.41) is 9.86. The standard InChI is InChI=1S/C17H19F3N2O2/c1-24-15-11(8-23)7-17(19,20)12(15)4-9-2-3-10-6-13(18)16(21)22-14(10)5-9/h2-3,5-6,11-12,15,23H,4,7-8H2,1H3,(H2,21,22). The maximum Gasteiger partial charge on any atom is 0.254 e. The van der Waals surface area contributed by atoms with E-state index in [1.54, 1.807) is 18.2 Å². The van der Waals surface area contributed by atoms with E-state index in [0.717, 1.165) is 0 Å². The minimum Gasteiger partial charge on any atom is -0.396 e. The molecule has 1 heterocycles. The lowest BCUT2D eigenvalue weighted by atomic mass is 9.92. The Bertz CT molecular complexity index is 754. The average molecular weight is 340 g/mol. The third kappa shape index (κ3) is 2.93. The van der Waals surface area contributed by atoms with Crippen molar-refractivity contribution in [1.29, 1.82) is 0 Å². The van der Waals surface area contributed by atoms with Crippen LogP contribution in [0, 0.1) is 17.7 Å². The lowest BCUT2D eigenvalue weighted by molar-refractivity contribution is -0.0687. The van der Waals surface area contributed by atoms with E-state index in [1.807, 2.05) is 0 Å². The summed E-state index contributed by atoms with van der Waals surface area (Å²) >= 11 is 0. The number of aliphatic hydroxyl groups excluding tert-OH is 1. The van der Waals surface area contributed by atoms with Crippen LogP contribution in [0.5, 0.6) is 0 Å². The van der Waals surface area contributed by atoms with Crippen LogP contribution in [0.15, 0.2) is 24.3 Å². The first-order chi connectivity index (χ1) is 11.4. The maximum absolute atomic E-state index is 14.3. The minimum atomic E-state index is -2.92. The number of rotatable bonds is 4. The molecule has 0 radical (unpaired) electrons. The fourth-order valence-electron chi connectivity index (χ4n) is 3.56. The fraction of sp³-hybridized carbons (Fsp3) is 0.471. The molecule has 0 saturated heterocycles. The lowest BCUT2D eigenvalue weighted by Gasteiger charge is -2.25. The van der Waals surface area contributed by atoms with Gasteiger partial charge in [0.1, 0.15) is 0 Å². The van der Waals surface area contributed by atoms with Gasteiger partial charge in [-0.1, -0.05) is 12.1 Å². The van der Waals surface area contributed by atoms with Gasteiger partial charge in [-0.3, -0.25) is 0 Å². The number of nitrogens with two attached hydrogens (primary N) is 1. The monoisotopic (exact) mass is 340 g/mol. The van der Waals surface area contributed by atoms with E-state index >= 15 is 0 Å². The predicted molar refractivity (Wildman–Crippen MR) is 84.2 cm³/mol. The van der Waals surface area contributed by atoms with Crippen molar-refractivity contribution in [3.63, 3.8) is 0 Å². The SMILES string of the molecule is COC1C(CO)CC(F)(F)C1Cc1ccc2cc(F)c(N)nc2c1. The summed E-state index contributed by atoms with van der Waals surface area (Å²) in [6.07, 6.45) is -1.03. The number of methoxy groups -OCH3 is 1. The van der Waals surface area contributed by atoms with Gasteiger partial charge in [-0.15, -0.1) is 0 Å². The Labute approximate surface area is 137 Å². The van der Waals surface area contributed by atoms with Crippen LogP contribution in [-0.2, 0) is 11.2 Å². The Hall–Kier alpha value is -1.86. The zero-order valence-corrected chi connectivity index (χ0v) is 13.2. The number of hydrogen-bond donors (Lipinski definition) is 2. The molecule has 1 fully saturated rings. The molecule has 3 unspecified atom stereocenters. The Morgan fingerprint density at radius 2 is 2.12 bits per heavy atom. The van der Waals surface area contributed by atoms with Crippen molar-refractivity contribution in [3.8, 4) is 0 Å². The number of halogens is 3. The lowest BCUT2D eigenvalue weighted by Crippen LogP contribution is -2.33. The second-order valence-electron chi connectivity index (χ2n) is 6.30.